The van der Waals surface area contributed by atoms with Crippen molar-refractivity contribution in [2.24, 2.45) is 4.99 Å². The zero-order valence-corrected chi connectivity index (χ0v) is 18.0. The van der Waals surface area contributed by atoms with Crippen molar-refractivity contribution in [3.63, 3.8) is 0 Å². The first kappa shape index (κ1) is 20.6. The van der Waals surface area contributed by atoms with Crippen molar-refractivity contribution in [3.05, 3.63) is 64.3 Å². The van der Waals surface area contributed by atoms with E-state index in [1.807, 2.05) is 35.7 Å². The molecule has 2 heterocycles. The lowest BCUT2D eigenvalue weighted by Gasteiger charge is -2.11. The lowest BCUT2D eigenvalue weighted by molar-refractivity contribution is 0.609. The van der Waals surface area contributed by atoms with Crippen LogP contribution in [0.2, 0.25) is 0 Å². The molecule has 3 aromatic rings. The third-order valence-electron chi connectivity index (χ3n) is 3.56. The molecule has 26 heavy (non-hydrogen) atoms. The van der Waals surface area contributed by atoms with E-state index in [1.165, 1.54) is 6.07 Å². The van der Waals surface area contributed by atoms with Crippen LogP contribution in [0, 0.1) is 5.82 Å². The van der Waals surface area contributed by atoms with Gasteiger partial charge in [-0.05, 0) is 37.3 Å². The Hall–Kier alpha value is -1.75. The number of nitrogens with zero attached hydrogens (tertiary/aromatic N) is 4. The van der Waals surface area contributed by atoms with Gasteiger partial charge >= 0.3 is 0 Å². The van der Waals surface area contributed by atoms with Crippen LogP contribution < -0.4 is 10.6 Å². The molecular formula is C17H19BrFIN6. The molecule has 1 aromatic carbocycles. The van der Waals surface area contributed by atoms with Gasteiger partial charge in [-0.15, -0.1) is 34.2 Å². The molecule has 3 rings (SSSR count). The van der Waals surface area contributed by atoms with Gasteiger partial charge in [0.15, 0.2) is 17.4 Å². The van der Waals surface area contributed by atoms with Crippen molar-refractivity contribution in [1.82, 2.24) is 25.2 Å². The maximum absolute atomic E-state index is 13.8. The minimum atomic E-state index is -0.272. The van der Waals surface area contributed by atoms with E-state index in [0.29, 0.717) is 24.6 Å². The molecule has 0 aliphatic carbocycles. The Morgan fingerprint density at radius 2 is 2.08 bits per heavy atom. The monoisotopic (exact) mass is 532 g/mol. The standard InChI is InChI=1S/C17H18BrFN6.HI/c1-2-20-17(21-10-12-9-13(18)6-7-14(12)19)22-11-16-24-23-15-5-3-4-8-25(15)16;/h3-9H,2,10-11H2,1H3,(H2,20,21,22);1H. The number of hydrogen-bond donors (Lipinski definition) is 2. The summed E-state index contributed by atoms with van der Waals surface area (Å²) in [5.74, 6) is 1.09. The van der Waals surface area contributed by atoms with E-state index in [1.54, 1.807) is 12.1 Å². The zero-order valence-electron chi connectivity index (χ0n) is 14.1. The largest absolute Gasteiger partial charge is 0.357 e. The Bertz CT molecular complexity index is 898. The summed E-state index contributed by atoms with van der Waals surface area (Å²) in [6, 6.07) is 10.6. The lowest BCUT2D eigenvalue weighted by atomic mass is 10.2. The second-order valence-corrected chi connectivity index (χ2v) is 6.25. The Morgan fingerprint density at radius 3 is 2.88 bits per heavy atom. The average Bonchev–Trinajstić information content (AvgIpc) is 3.03. The van der Waals surface area contributed by atoms with Crippen LogP contribution >= 0.6 is 39.9 Å². The highest BCUT2D eigenvalue weighted by Crippen LogP contribution is 2.16. The minimum Gasteiger partial charge on any atom is -0.357 e. The summed E-state index contributed by atoms with van der Waals surface area (Å²) in [4.78, 5) is 4.44. The maximum Gasteiger partial charge on any atom is 0.191 e. The molecule has 0 saturated carbocycles. The topological polar surface area (TPSA) is 66.6 Å². The van der Waals surface area contributed by atoms with Gasteiger partial charge in [0, 0.05) is 22.8 Å². The molecule has 0 bridgehead atoms. The molecule has 0 aliphatic heterocycles. The number of fused-ring (bicyclic) bond motifs is 1. The fourth-order valence-corrected chi connectivity index (χ4v) is 2.75. The molecule has 138 valence electrons. The SMILES string of the molecule is CCNC(=NCc1cc(Br)ccc1F)NCc1nnc2ccccn12.I. The first-order valence-electron chi connectivity index (χ1n) is 7.92. The molecular weight excluding hydrogens is 514 g/mol. The van der Waals surface area contributed by atoms with Crippen LogP contribution in [0.5, 0.6) is 0 Å². The number of hydrogen-bond acceptors (Lipinski definition) is 3. The first-order chi connectivity index (χ1) is 12.2. The van der Waals surface area contributed by atoms with Crippen molar-refractivity contribution >= 4 is 51.5 Å². The van der Waals surface area contributed by atoms with Gasteiger partial charge in [-0.1, -0.05) is 22.0 Å². The highest BCUT2D eigenvalue weighted by Gasteiger charge is 2.07. The lowest BCUT2D eigenvalue weighted by Crippen LogP contribution is -2.37. The average molecular weight is 533 g/mol. The number of rotatable bonds is 5. The van der Waals surface area contributed by atoms with Gasteiger partial charge in [-0.2, -0.15) is 0 Å². The molecule has 2 aromatic heterocycles. The quantitative estimate of drug-likeness (QED) is 0.300. The van der Waals surface area contributed by atoms with E-state index < -0.39 is 0 Å². The van der Waals surface area contributed by atoms with Gasteiger partial charge in [0.25, 0.3) is 0 Å². The van der Waals surface area contributed by atoms with Crippen LogP contribution in [-0.4, -0.2) is 27.1 Å². The van der Waals surface area contributed by atoms with Crippen molar-refractivity contribution < 1.29 is 4.39 Å². The normalized spacial score (nSPS) is 11.3. The van der Waals surface area contributed by atoms with Gasteiger partial charge in [0.1, 0.15) is 5.82 Å². The van der Waals surface area contributed by atoms with Crippen molar-refractivity contribution in [3.8, 4) is 0 Å². The van der Waals surface area contributed by atoms with Gasteiger partial charge in [0.05, 0.1) is 13.1 Å². The molecule has 0 aliphatic rings. The fraction of sp³-hybridized carbons (Fsp3) is 0.235. The van der Waals surface area contributed by atoms with Crippen molar-refractivity contribution in [2.45, 2.75) is 20.0 Å². The highest BCUT2D eigenvalue weighted by molar-refractivity contribution is 14.0. The summed E-state index contributed by atoms with van der Waals surface area (Å²) >= 11 is 3.35. The Labute approximate surface area is 176 Å². The summed E-state index contributed by atoms with van der Waals surface area (Å²) in [5.41, 5.74) is 1.32. The highest BCUT2D eigenvalue weighted by atomic mass is 127. The second kappa shape index (κ2) is 9.81. The summed E-state index contributed by atoms with van der Waals surface area (Å²) in [6.07, 6.45) is 1.91. The molecule has 2 N–H and O–H groups in total. The predicted molar refractivity (Wildman–Crippen MR) is 114 cm³/mol. The minimum absolute atomic E-state index is 0. The van der Waals surface area contributed by atoms with E-state index >= 15 is 0 Å². The van der Waals surface area contributed by atoms with Gasteiger partial charge in [-0.25, -0.2) is 9.38 Å². The van der Waals surface area contributed by atoms with Crippen LogP contribution in [-0.2, 0) is 13.1 Å². The smallest absolute Gasteiger partial charge is 0.191 e. The fourth-order valence-electron chi connectivity index (χ4n) is 2.34. The third kappa shape index (κ3) is 5.13. The number of guanidine groups is 1. The van der Waals surface area contributed by atoms with Crippen LogP contribution in [0.15, 0.2) is 52.1 Å². The molecule has 9 heteroatoms. The van der Waals surface area contributed by atoms with Crippen LogP contribution in [0.4, 0.5) is 4.39 Å². The number of pyridine rings is 1. The van der Waals surface area contributed by atoms with Crippen molar-refractivity contribution in [1.29, 1.82) is 0 Å². The number of benzene rings is 1. The molecule has 0 unspecified atom stereocenters. The number of nitrogens with one attached hydrogen (secondary N) is 2. The van der Waals surface area contributed by atoms with E-state index in [-0.39, 0.29) is 36.3 Å². The molecule has 0 atom stereocenters. The van der Waals surface area contributed by atoms with E-state index in [9.17, 15) is 4.39 Å². The third-order valence-corrected chi connectivity index (χ3v) is 4.05. The summed E-state index contributed by atoms with van der Waals surface area (Å²) in [7, 11) is 0. The van der Waals surface area contributed by atoms with Crippen LogP contribution in [0.3, 0.4) is 0 Å². The molecule has 0 saturated heterocycles. The van der Waals surface area contributed by atoms with Crippen LogP contribution in [0.1, 0.15) is 18.3 Å². The van der Waals surface area contributed by atoms with E-state index in [2.05, 4.69) is 41.8 Å². The second-order valence-electron chi connectivity index (χ2n) is 5.33. The van der Waals surface area contributed by atoms with Gasteiger partial charge < -0.3 is 10.6 Å². The van der Waals surface area contributed by atoms with Gasteiger partial charge in [-0.3, -0.25) is 4.40 Å². The van der Waals surface area contributed by atoms with Crippen molar-refractivity contribution in [2.75, 3.05) is 6.54 Å². The van der Waals surface area contributed by atoms with Crippen LogP contribution in [0.25, 0.3) is 5.65 Å². The summed E-state index contributed by atoms with van der Waals surface area (Å²) in [5, 5.41) is 14.6. The predicted octanol–water partition coefficient (Wildman–Crippen LogP) is 3.50. The van der Waals surface area contributed by atoms with E-state index in [4.69, 9.17) is 0 Å². The molecule has 0 fully saturated rings. The Kier molecular flexibility index (Phi) is 7.76. The molecule has 0 amide bonds. The first-order valence-corrected chi connectivity index (χ1v) is 8.71. The summed E-state index contributed by atoms with van der Waals surface area (Å²) < 4.78 is 16.6. The molecule has 0 radical (unpaired) electrons. The Morgan fingerprint density at radius 1 is 1.23 bits per heavy atom. The molecule has 0 spiro atoms. The number of aromatic nitrogens is 3. The molecule has 6 nitrogen and oxygen atoms in total. The summed E-state index contributed by atoms with van der Waals surface area (Å²) in [6.45, 7) is 3.37. The zero-order chi connectivity index (χ0) is 17.6. The van der Waals surface area contributed by atoms with E-state index in [0.717, 1.165) is 15.9 Å². The van der Waals surface area contributed by atoms with Gasteiger partial charge in [0.2, 0.25) is 0 Å². The Balaban J connectivity index is 0.00000243. The number of aliphatic imine (C=N–C) groups is 1. The number of halogens is 3. The maximum atomic E-state index is 13.8.